The average Bonchev–Trinajstić information content (AvgIpc) is 3.15. The summed E-state index contributed by atoms with van der Waals surface area (Å²) in [5.41, 5.74) is 1.62. The first-order valence-electron chi connectivity index (χ1n) is 11.9. The molecule has 0 amide bonds. The Morgan fingerprint density at radius 1 is 1.12 bits per heavy atom. The van der Waals surface area contributed by atoms with E-state index in [-0.39, 0.29) is 24.4 Å². The first-order chi connectivity index (χ1) is 15.9. The number of nitrogens with zero attached hydrogens (tertiary/aromatic N) is 2. The lowest BCUT2D eigenvalue weighted by Crippen LogP contribution is -2.38. The highest BCUT2D eigenvalue weighted by Crippen LogP contribution is 2.33. The molecule has 2 fully saturated rings. The molecule has 2 atom stereocenters. The summed E-state index contributed by atoms with van der Waals surface area (Å²) in [6.45, 7) is 6.94. The molecule has 33 heavy (non-hydrogen) atoms. The third-order valence-corrected chi connectivity index (χ3v) is 6.52. The van der Waals surface area contributed by atoms with Crippen LogP contribution in [0.3, 0.4) is 0 Å². The lowest BCUT2D eigenvalue weighted by molar-refractivity contribution is -0.137. The average molecular weight is 457 g/mol. The Morgan fingerprint density at radius 2 is 1.82 bits per heavy atom. The summed E-state index contributed by atoms with van der Waals surface area (Å²) < 4.78 is 26.1. The summed E-state index contributed by atoms with van der Waals surface area (Å²) in [6, 6.07) is 12.9. The number of aliphatic carboxylic acids is 1. The van der Waals surface area contributed by atoms with Crippen molar-refractivity contribution < 1.29 is 23.8 Å². The zero-order valence-electron chi connectivity index (χ0n) is 19.4. The van der Waals surface area contributed by atoms with Crippen LogP contribution in [0.1, 0.15) is 39.5 Å². The van der Waals surface area contributed by atoms with Crippen LogP contribution in [0.5, 0.6) is 11.5 Å². The van der Waals surface area contributed by atoms with E-state index in [9.17, 15) is 14.3 Å². The van der Waals surface area contributed by atoms with Crippen molar-refractivity contribution in [3.8, 4) is 11.5 Å². The van der Waals surface area contributed by atoms with E-state index in [1.807, 2.05) is 31.2 Å². The molecule has 0 aliphatic carbocycles. The van der Waals surface area contributed by atoms with E-state index in [2.05, 4.69) is 16.7 Å². The van der Waals surface area contributed by atoms with Gasteiger partial charge in [-0.2, -0.15) is 0 Å². The van der Waals surface area contributed by atoms with Crippen LogP contribution in [0, 0.1) is 11.7 Å². The number of hydrogen-bond acceptors (Lipinski definition) is 5. The summed E-state index contributed by atoms with van der Waals surface area (Å²) in [5.74, 6) is 0.990. The SMILES string of the molecule is CCOc1ccc(F)c(N2CCC(Oc3ccc(N4C[C@H](C)C[C@@H]4CC(=O)O)cc3)CC2)c1. The number of piperidine rings is 1. The van der Waals surface area contributed by atoms with Gasteiger partial charge in [-0.1, -0.05) is 6.92 Å². The van der Waals surface area contributed by atoms with Gasteiger partial charge in [-0.3, -0.25) is 4.79 Å². The Bertz CT molecular complexity index is 944. The number of hydrogen-bond donors (Lipinski definition) is 1. The highest BCUT2D eigenvalue weighted by molar-refractivity contribution is 5.69. The minimum absolute atomic E-state index is 0.0372. The lowest BCUT2D eigenvalue weighted by atomic mass is 10.1. The number of benzene rings is 2. The van der Waals surface area contributed by atoms with Gasteiger partial charge in [0.15, 0.2) is 0 Å². The molecular formula is C26H33FN2O4. The second kappa shape index (κ2) is 10.3. The molecule has 7 heteroatoms. The molecule has 2 heterocycles. The number of anilines is 2. The van der Waals surface area contributed by atoms with Crippen LogP contribution in [0.15, 0.2) is 42.5 Å². The summed E-state index contributed by atoms with van der Waals surface area (Å²) in [7, 11) is 0. The van der Waals surface area contributed by atoms with Gasteiger partial charge >= 0.3 is 5.97 Å². The van der Waals surface area contributed by atoms with Crippen molar-refractivity contribution >= 4 is 17.3 Å². The van der Waals surface area contributed by atoms with Gasteiger partial charge in [0.2, 0.25) is 0 Å². The topological polar surface area (TPSA) is 62.2 Å². The first-order valence-corrected chi connectivity index (χ1v) is 11.9. The van der Waals surface area contributed by atoms with Crippen LogP contribution in [0.2, 0.25) is 0 Å². The fraction of sp³-hybridized carbons (Fsp3) is 0.500. The molecule has 0 aromatic heterocycles. The van der Waals surface area contributed by atoms with Crippen molar-refractivity contribution in [1.82, 2.24) is 0 Å². The maximum Gasteiger partial charge on any atom is 0.305 e. The number of carbonyl (C=O) groups is 1. The second-order valence-electron chi connectivity index (χ2n) is 9.09. The molecule has 2 aliphatic rings. The molecule has 0 radical (unpaired) electrons. The van der Waals surface area contributed by atoms with Gasteiger partial charge in [-0.15, -0.1) is 0 Å². The van der Waals surface area contributed by atoms with E-state index in [4.69, 9.17) is 9.47 Å². The molecule has 0 spiro atoms. The Labute approximate surface area is 194 Å². The Kier molecular flexibility index (Phi) is 7.26. The fourth-order valence-corrected chi connectivity index (χ4v) is 4.98. The van der Waals surface area contributed by atoms with Crippen LogP contribution >= 0.6 is 0 Å². The maximum atomic E-state index is 14.4. The van der Waals surface area contributed by atoms with Gasteiger partial charge in [0.1, 0.15) is 23.4 Å². The van der Waals surface area contributed by atoms with Crippen LogP contribution in [-0.4, -0.2) is 49.5 Å². The van der Waals surface area contributed by atoms with E-state index in [0.717, 1.165) is 50.3 Å². The van der Waals surface area contributed by atoms with Crippen molar-refractivity contribution in [1.29, 1.82) is 0 Å². The van der Waals surface area contributed by atoms with Gasteiger partial charge in [0, 0.05) is 50.3 Å². The molecule has 0 saturated carbocycles. The smallest absolute Gasteiger partial charge is 0.305 e. The van der Waals surface area contributed by atoms with Crippen LogP contribution in [0.4, 0.5) is 15.8 Å². The lowest BCUT2D eigenvalue weighted by Gasteiger charge is -2.34. The number of rotatable bonds is 8. The van der Waals surface area contributed by atoms with Crippen LogP contribution in [-0.2, 0) is 4.79 Å². The van der Waals surface area contributed by atoms with E-state index >= 15 is 0 Å². The first kappa shape index (κ1) is 23.2. The maximum absolute atomic E-state index is 14.4. The van der Waals surface area contributed by atoms with E-state index in [1.54, 1.807) is 12.1 Å². The molecule has 2 aromatic carbocycles. The van der Waals surface area contributed by atoms with Crippen molar-refractivity contribution in [3.63, 3.8) is 0 Å². The standard InChI is InChI=1S/C26H33FN2O4/c1-3-32-23-8-9-24(27)25(16-23)28-12-10-22(11-13-28)33-21-6-4-19(5-7-21)29-17-18(2)14-20(29)15-26(30)31/h4-9,16,18,20,22H,3,10-15,17H2,1-2H3,(H,30,31)/t18-,20-/m1/s1. The number of halogens is 1. The van der Waals surface area contributed by atoms with E-state index < -0.39 is 5.97 Å². The van der Waals surface area contributed by atoms with Crippen LogP contribution in [0.25, 0.3) is 0 Å². The number of ether oxygens (including phenoxy) is 2. The molecule has 6 nitrogen and oxygen atoms in total. The summed E-state index contributed by atoms with van der Waals surface area (Å²) in [6.07, 6.45) is 2.76. The summed E-state index contributed by atoms with van der Waals surface area (Å²) in [4.78, 5) is 15.5. The minimum atomic E-state index is -0.755. The second-order valence-corrected chi connectivity index (χ2v) is 9.09. The summed E-state index contributed by atoms with van der Waals surface area (Å²) >= 11 is 0. The Balaban J connectivity index is 1.33. The molecule has 0 unspecified atom stereocenters. The van der Waals surface area contributed by atoms with Gasteiger partial charge in [0.05, 0.1) is 18.7 Å². The van der Waals surface area contributed by atoms with Crippen molar-refractivity contribution in [2.75, 3.05) is 36.0 Å². The fourth-order valence-electron chi connectivity index (χ4n) is 4.98. The van der Waals surface area contributed by atoms with Crippen molar-refractivity contribution in [2.45, 2.75) is 51.7 Å². The zero-order valence-corrected chi connectivity index (χ0v) is 19.4. The van der Waals surface area contributed by atoms with Gasteiger partial charge < -0.3 is 24.4 Å². The number of carboxylic acids is 1. The molecule has 0 bridgehead atoms. The van der Waals surface area contributed by atoms with Gasteiger partial charge in [-0.05, 0) is 55.7 Å². The quantitative estimate of drug-likeness (QED) is 0.606. The largest absolute Gasteiger partial charge is 0.494 e. The highest BCUT2D eigenvalue weighted by Gasteiger charge is 2.31. The zero-order chi connectivity index (χ0) is 23.4. The number of carboxylic acid groups (broad SMARTS) is 1. The Hall–Kier alpha value is -2.96. The predicted molar refractivity (Wildman–Crippen MR) is 127 cm³/mol. The van der Waals surface area contributed by atoms with E-state index in [0.29, 0.717) is 24.0 Å². The molecule has 2 aromatic rings. The van der Waals surface area contributed by atoms with Crippen LogP contribution < -0.4 is 19.3 Å². The third-order valence-electron chi connectivity index (χ3n) is 6.52. The van der Waals surface area contributed by atoms with Gasteiger partial charge in [0.25, 0.3) is 0 Å². The molecule has 1 N–H and O–H groups in total. The monoisotopic (exact) mass is 456 g/mol. The Morgan fingerprint density at radius 3 is 2.48 bits per heavy atom. The molecule has 178 valence electrons. The normalized spacial score (nSPS) is 21.3. The van der Waals surface area contributed by atoms with Gasteiger partial charge in [-0.25, -0.2) is 4.39 Å². The molecule has 4 rings (SSSR count). The molecule has 2 saturated heterocycles. The predicted octanol–water partition coefficient (Wildman–Crippen LogP) is 4.96. The third kappa shape index (κ3) is 5.70. The highest BCUT2D eigenvalue weighted by atomic mass is 19.1. The van der Waals surface area contributed by atoms with Crippen molar-refractivity contribution in [3.05, 3.63) is 48.3 Å². The molecule has 2 aliphatic heterocycles. The minimum Gasteiger partial charge on any atom is -0.494 e. The van der Waals surface area contributed by atoms with Crippen molar-refractivity contribution in [2.24, 2.45) is 5.92 Å². The summed E-state index contributed by atoms with van der Waals surface area (Å²) in [5, 5.41) is 9.22. The van der Waals surface area contributed by atoms with E-state index in [1.165, 1.54) is 6.07 Å². The molecular weight excluding hydrogens is 423 g/mol.